The lowest BCUT2D eigenvalue weighted by molar-refractivity contribution is -0.120. The van der Waals surface area contributed by atoms with Crippen LogP contribution in [0.15, 0.2) is 24.3 Å². The van der Waals surface area contributed by atoms with Crippen LogP contribution in [-0.4, -0.2) is 19.5 Å². The first-order valence-corrected chi connectivity index (χ1v) is 5.14. The van der Waals surface area contributed by atoms with Crippen molar-refractivity contribution in [3.8, 4) is 0 Å². The van der Waals surface area contributed by atoms with Crippen molar-refractivity contribution in [2.75, 3.05) is 13.6 Å². The van der Waals surface area contributed by atoms with Crippen molar-refractivity contribution in [3.63, 3.8) is 0 Å². The molecule has 0 saturated carbocycles. The van der Waals surface area contributed by atoms with Gasteiger partial charge < -0.3 is 10.6 Å². The Labute approximate surface area is 90.9 Å². The van der Waals surface area contributed by atoms with Crippen molar-refractivity contribution in [2.45, 2.75) is 19.9 Å². The van der Waals surface area contributed by atoms with Crippen LogP contribution in [0.3, 0.4) is 0 Å². The quantitative estimate of drug-likeness (QED) is 0.781. The fourth-order valence-corrected chi connectivity index (χ4v) is 1.48. The number of hydrogen-bond donors (Lipinski definition) is 2. The standard InChI is InChI=1S/C12H18N2O/c1-9-5-4-6-11(7-9)10(2)14-12(15)8-13-3/h4-7,10,13H,8H2,1-3H3,(H,14,15)/t10-/m1/s1. The van der Waals surface area contributed by atoms with Gasteiger partial charge in [0, 0.05) is 0 Å². The van der Waals surface area contributed by atoms with Gasteiger partial charge in [-0.05, 0) is 26.5 Å². The molecule has 0 saturated heterocycles. The molecule has 3 nitrogen and oxygen atoms in total. The number of rotatable bonds is 4. The fraction of sp³-hybridized carbons (Fsp3) is 0.417. The molecule has 0 aliphatic heterocycles. The molecule has 0 unspecified atom stereocenters. The van der Waals surface area contributed by atoms with Crippen molar-refractivity contribution in [1.82, 2.24) is 10.6 Å². The Morgan fingerprint density at radius 2 is 2.20 bits per heavy atom. The van der Waals surface area contributed by atoms with E-state index >= 15 is 0 Å². The largest absolute Gasteiger partial charge is 0.348 e. The average molecular weight is 206 g/mol. The van der Waals surface area contributed by atoms with E-state index in [4.69, 9.17) is 0 Å². The Kier molecular flexibility index (Phi) is 4.31. The highest BCUT2D eigenvalue weighted by Gasteiger charge is 2.08. The number of hydrogen-bond acceptors (Lipinski definition) is 2. The lowest BCUT2D eigenvalue weighted by Crippen LogP contribution is -2.33. The average Bonchev–Trinajstić information content (AvgIpc) is 2.18. The van der Waals surface area contributed by atoms with Crippen LogP contribution in [0, 0.1) is 6.92 Å². The zero-order valence-electron chi connectivity index (χ0n) is 9.50. The van der Waals surface area contributed by atoms with Gasteiger partial charge in [-0.3, -0.25) is 4.79 Å². The smallest absolute Gasteiger partial charge is 0.234 e. The summed E-state index contributed by atoms with van der Waals surface area (Å²) in [6.07, 6.45) is 0. The first-order valence-electron chi connectivity index (χ1n) is 5.14. The van der Waals surface area contributed by atoms with E-state index < -0.39 is 0 Å². The van der Waals surface area contributed by atoms with Gasteiger partial charge in [-0.1, -0.05) is 29.8 Å². The highest BCUT2D eigenvalue weighted by Crippen LogP contribution is 2.13. The lowest BCUT2D eigenvalue weighted by Gasteiger charge is -2.14. The third kappa shape index (κ3) is 3.72. The Hall–Kier alpha value is -1.35. The zero-order valence-corrected chi connectivity index (χ0v) is 9.50. The summed E-state index contributed by atoms with van der Waals surface area (Å²) in [4.78, 5) is 11.3. The highest BCUT2D eigenvalue weighted by molar-refractivity contribution is 5.78. The molecule has 3 heteroatoms. The third-order valence-corrected chi connectivity index (χ3v) is 2.26. The number of aryl methyl sites for hydroxylation is 1. The maximum atomic E-state index is 11.3. The second-order valence-corrected chi connectivity index (χ2v) is 3.73. The molecular formula is C12H18N2O. The van der Waals surface area contributed by atoms with Crippen molar-refractivity contribution < 1.29 is 4.79 Å². The van der Waals surface area contributed by atoms with Crippen LogP contribution in [0.25, 0.3) is 0 Å². The Balaban J connectivity index is 2.60. The van der Waals surface area contributed by atoms with Crippen molar-refractivity contribution in [1.29, 1.82) is 0 Å². The van der Waals surface area contributed by atoms with Crippen molar-refractivity contribution in [2.24, 2.45) is 0 Å². The number of nitrogens with one attached hydrogen (secondary N) is 2. The minimum absolute atomic E-state index is 0.0199. The first kappa shape index (κ1) is 11.7. The summed E-state index contributed by atoms with van der Waals surface area (Å²) in [6, 6.07) is 8.23. The second-order valence-electron chi connectivity index (χ2n) is 3.73. The molecule has 1 aromatic rings. The van der Waals surface area contributed by atoms with E-state index in [1.165, 1.54) is 5.56 Å². The molecule has 15 heavy (non-hydrogen) atoms. The summed E-state index contributed by atoms with van der Waals surface area (Å²) in [5, 5.41) is 5.75. The van der Waals surface area contributed by atoms with Gasteiger partial charge in [0.25, 0.3) is 0 Å². The molecule has 0 aliphatic rings. The summed E-state index contributed by atoms with van der Waals surface area (Å²) < 4.78 is 0. The number of carbonyl (C=O) groups is 1. The summed E-state index contributed by atoms with van der Waals surface area (Å²) in [6.45, 7) is 4.39. The van der Waals surface area contributed by atoms with Gasteiger partial charge in [0.05, 0.1) is 12.6 Å². The third-order valence-electron chi connectivity index (χ3n) is 2.26. The predicted octanol–water partition coefficient (Wildman–Crippen LogP) is 1.39. The van der Waals surface area contributed by atoms with Crippen molar-refractivity contribution >= 4 is 5.91 Å². The summed E-state index contributed by atoms with van der Waals surface area (Å²) >= 11 is 0. The minimum atomic E-state index is 0.0199. The van der Waals surface area contributed by atoms with Crippen molar-refractivity contribution in [3.05, 3.63) is 35.4 Å². The molecule has 82 valence electrons. The molecule has 1 atom stereocenters. The van der Waals surface area contributed by atoms with E-state index in [1.807, 2.05) is 32.0 Å². The molecule has 0 heterocycles. The van der Waals surface area contributed by atoms with Gasteiger partial charge in [-0.15, -0.1) is 0 Å². The Morgan fingerprint density at radius 3 is 2.80 bits per heavy atom. The molecule has 0 spiro atoms. The second kappa shape index (κ2) is 5.51. The maximum Gasteiger partial charge on any atom is 0.234 e. The SMILES string of the molecule is CNCC(=O)N[C@H](C)c1cccc(C)c1. The normalized spacial score (nSPS) is 12.2. The van der Waals surface area contributed by atoms with Crippen LogP contribution in [-0.2, 0) is 4.79 Å². The molecule has 1 amide bonds. The Morgan fingerprint density at radius 1 is 1.47 bits per heavy atom. The van der Waals surface area contributed by atoms with E-state index in [0.29, 0.717) is 6.54 Å². The van der Waals surface area contributed by atoms with Gasteiger partial charge in [0.15, 0.2) is 0 Å². The molecule has 0 bridgehead atoms. The molecule has 0 aliphatic carbocycles. The van der Waals surface area contributed by atoms with Crippen LogP contribution in [0.2, 0.25) is 0 Å². The minimum Gasteiger partial charge on any atom is -0.348 e. The molecular weight excluding hydrogens is 188 g/mol. The van der Waals surface area contributed by atoms with E-state index in [-0.39, 0.29) is 11.9 Å². The van der Waals surface area contributed by atoms with Gasteiger partial charge in [0.1, 0.15) is 0 Å². The molecule has 0 radical (unpaired) electrons. The predicted molar refractivity (Wildman–Crippen MR) is 61.7 cm³/mol. The van der Waals surface area contributed by atoms with Crippen LogP contribution in [0.5, 0.6) is 0 Å². The highest BCUT2D eigenvalue weighted by atomic mass is 16.1. The molecule has 0 aromatic heterocycles. The van der Waals surface area contributed by atoms with Gasteiger partial charge in [-0.25, -0.2) is 0 Å². The van der Waals surface area contributed by atoms with Crippen LogP contribution in [0.4, 0.5) is 0 Å². The van der Waals surface area contributed by atoms with Crippen LogP contribution in [0.1, 0.15) is 24.1 Å². The first-order chi connectivity index (χ1) is 7.13. The summed E-state index contributed by atoms with van der Waals surface area (Å²) in [5.74, 6) is 0.0199. The number of likely N-dealkylation sites (N-methyl/N-ethyl adjacent to an activating group) is 1. The lowest BCUT2D eigenvalue weighted by atomic mass is 10.1. The number of benzene rings is 1. The number of carbonyl (C=O) groups excluding carboxylic acids is 1. The van der Waals surface area contributed by atoms with Gasteiger partial charge >= 0.3 is 0 Å². The topological polar surface area (TPSA) is 41.1 Å². The Bertz CT molecular complexity index is 336. The van der Waals surface area contributed by atoms with E-state index in [1.54, 1.807) is 7.05 Å². The fourth-order valence-electron chi connectivity index (χ4n) is 1.48. The molecule has 0 fully saturated rings. The summed E-state index contributed by atoms with van der Waals surface area (Å²) in [5.41, 5.74) is 2.35. The van der Waals surface area contributed by atoms with Gasteiger partial charge in [0.2, 0.25) is 5.91 Å². The number of amides is 1. The van der Waals surface area contributed by atoms with E-state index in [0.717, 1.165) is 5.56 Å². The molecule has 2 N–H and O–H groups in total. The van der Waals surface area contributed by atoms with E-state index in [2.05, 4.69) is 16.7 Å². The van der Waals surface area contributed by atoms with Crippen LogP contribution >= 0.6 is 0 Å². The monoisotopic (exact) mass is 206 g/mol. The molecule has 1 rings (SSSR count). The summed E-state index contributed by atoms with van der Waals surface area (Å²) in [7, 11) is 1.76. The van der Waals surface area contributed by atoms with E-state index in [9.17, 15) is 4.79 Å². The zero-order chi connectivity index (χ0) is 11.3. The van der Waals surface area contributed by atoms with Gasteiger partial charge in [-0.2, -0.15) is 0 Å². The molecule has 1 aromatic carbocycles. The van der Waals surface area contributed by atoms with Crippen LogP contribution < -0.4 is 10.6 Å². The maximum absolute atomic E-state index is 11.3.